The second-order valence-corrected chi connectivity index (χ2v) is 23.5. The smallest absolute Gasteiger partial charge is 0.00926 e. The highest BCUT2D eigenvalue weighted by molar-refractivity contribution is 6.17. The van der Waals surface area contributed by atoms with Gasteiger partial charge in [0.2, 0.25) is 0 Å². The van der Waals surface area contributed by atoms with Gasteiger partial charge in [0.1, 0.15) is 0 Å². The maximum absolute atomic E-state index is 2.51. The average molecular weight is 967 g/mol. The van der Waals surface area contributed by atoms with Crippen LogP contribution in [0, 0.1) is 23.7 Å². The summed E-state index contributed by atoms with van der Waals surface area (Å²) in [6.45, 7) is 9.61. The Hall–Kier alpha value is -6.50. The van der Waals surface area contributed by atoms with Gasteiger partial charge in [-0.15, -0.1) is 0 Å². The van der Waals surface area contributed by atoms with Gasteiger partial charge in [0.15, 0.2) is 0 Å². The molecule has 0 atom stereocenters. The number of hydrogen-bond donors (Lipinski definition) is 0. The Bertz CT molecular complexity index is 2810. The second kappa shape index (κ2) is 22.9. The predicted octanol–water partition coefficient (Wildman–Crippen LogP) is 21.5. The quantitative estimate of drug-likeness (QED) is 0.0946. The summed E-state index contributed by atoms with van der Waals surface area (Å²) >= 11 is 0. The van der Waals surface area contributed by atoms with Gasteiger partial charge in [0, 0.05) is 0 Å². The van der Waals surface area contributed by atoms with E-state index < -0.39 is 0 Å². The van der Waals surface area contributed by atoms with Crippen molar-refractivity contribution in [1.29, 1.82) is 0 Å². The lowest BCUT2D eigenvalue weighted by atomic mass is 9.85. The molecule has 0 saturated heterocycles. The molecule has 0 aliphatic heterocycles. The van der Waals surface area contributed by atoms with E-state index in [0.717, 1.165) is 23.7 Å². The highest BCUT2D eigenvalue weighted by Gasteiger charge is 2.19. The largest absolute Gasteiger partial charge is 0.0696 e. The maximum Gasteiger partial charge on any atom is -0.00926 e. The lowest BCUT2D eigenvalue weighted by molar-refractivity contribution is 0.446. The van der Waals surface area contributed by atoms with Gasteiger partial charge in [0.25, 0.3) is 0 Å². The van der Waals surface area contributed by atoms with Crippen molar-refractivity contribution in [2.45, 2.75) is 130 Å². The van der Waals surface area contributed by atoms with Crippen LogP contribution in [0.1, 0.15) is 186 Å². The SMILES string of the molecule is CC1CCC(=Cc2ccc(C(=Cc3c4ccccc4c(C=C(c4ccc(C=C5CCC(C)CC5)cc4)c4ccc(C=C5CCC(C)CC5)cc4)c4ccccc34)c3ccc(C=C4CCC(C)CC4)cc3)cc2)CC1. The second-order valence-electron chi connectivity index (χ2n) is 23.5. The summed E-state index contributed by atoms with van der Waals surface area (Å²) in [7, 11) is 0. The first-order valence-corrected chi connectivity index (χ1v) is 28.8. The number of allylic oxidation sites excluding steroid dienone is 4. The van der Waals surface area contributed by atoms with Gasteiger partial charge in [-0.05, 0) is 227 Å². The van der Waals surface area contributed by atoms with E-state index in [1.54, 1.807) is 22.3 Å². The third kappa shape index (κ3) is 11.9. The van der Waals surface area contributed by atoms with E-state index in [9.17, 15) is 0 Å². The van der Waals surface area contributed by atoms with Gasteiger partial charge >= 0.3 is 0 Å². The van der Waals surface area contributed by atoms with Crippen LogP contribution in [-0.4, -0.2) is 0 Å². The molecular formula is C74H78. The summed E-state index contributed by atoms with van der Waals surface area (Å²) < 4.78 is 0. The Morgan fingerprint density at radius 2 is 0.486 bits per heavy atom. The maximum atomic E-state index is 2.51. The van der Waals surface area contributed by atoms with Crippen molar-refractivity contribution in [3.8, 4) is 0 Å². The Morgan fingerprint density at radius 3 is 0.689 bits per heavy atom. The van der Waals surface area contributed by atoms with Crippen molar-refractivity contribution in [2.24, 2.45) is 23.7 Å². The van der Waals surface area contributed by atoms with E-state index >= 15 is 0 Å². The molecule has 11 rings (SSSR count). The van der Waals surface area contributed by atoms with Crippen LogP contribution >= 0.6 is 0 Å². The van der Waals surface area contributed by atoms with Crippen LogP contribution in [0.3, 0.4) is 0 Å². The zero-order valence-electron chi connectivity index (χ0n) is 44.9. The zero-order chi connectivity index (χ0) is 50.4. The molecule has 0 heteroatoms. The van der Waals surface area contributed by atoms with E-state index in [-0.39, 0.29) is 0 Å². The molecule has 4 aliphatic rings. The number of hydrogen-bond acceptors (Lipinski definition) is 0. The predicted molar refractivity (Wildman–Crippen MR) is 324 cm³/mol. The molecule has 4 aliphatic carbocycles. The van der Waals surface area contributed by atoms with Crippen LogP contribution in [0.15, 0.2) is 168 Å². The van der Waals surface area contributed by atoms with Gasteiger partial charge in [-0.3, -0.25) is 0 Å². The van der Waals surface area contributed by atoms with Crippen molar-refractivity contribution < 1.29 is 0 Å². The highest BCUT2D eigenvalue weighted by Crippen LogP contribution is 2.41. The Labute approximate surface area is 444 Å². The van der Waals surface area contributed by atoms with E-state index in [1.165, 1.54) is 191 Å². The van der Waals surface area contributed by atoms with E-state index in [0.29, 0.717) is 0 Å². The fraction of sp³-hybridized carbons (Fsp3) is 0.324. The third-order valence-corrected chi connectivity index (χ3v) is 17.6. The van der Waals surface area contributed by atoms with Crippen LogP contribution in [0.2, 0.25) is 0 Å². The van der Waals surface area contributed by atoms with Crippen molar-refractivity contribution in [1.82, 2.24) is 0 Å². The first-order chi connectivity index (χ1) is 36.2. The minimum atomic E-state index is 0.834. The summed E-state index contributed by atoms with van der Waals surface area (Å²) in [6.07, 6.45) is 35.0. The molecule has 0 radical (unpaired) electrons. The molecule has 4 fully saturated rings. The Balaban J connectivity index is 1.03. The first-order valence-electron chi connectivity index (χ1n) is 28.8. The standard InChI is InChI=1S/C74H78/c1-51-13-21-55(22-14-51)45-59-29-37-63(38-30-59)71(64-39-31-60(32-40-64)46-56-23-15-52(2)16-24-56)49-73-67-9-5-7-11-69(67)74(70-12-8-6-10-68(70)73)50-72(65-41-33-61(34-42-65)47-57-25-17-53(3)18-26-57)66-43-35-62(36-44-66)48-58-27-19-54(4)20-28-58/h5-12,29-54H,13-28H2,1-4H3. The molecular weight excluding hydrogens is 889 g/mol. The van der Waals surface area contributed by atoms with Crippen LogP contribution in [0.5, 0.6) is 0 Å². The van der Waals surface area contributed by atoms with E-state index in [2.05, 4.69) is 210 Å². The summed E-state index contributed by atoms with van der Waals surface area (Å²) in [5.41, 5.74) is 21.6. The molecule has 0 heterocycles. The molecule has 74 heavy (non-hydrogen) atoms. The normalized spacial score (nSPS) is 20.3. The van der Waals surface area contributed by atoms with E-state index in [4.69, 9.17) is 0 Å². The minimum Gasteiger partial charge on any atom is -0.0696 e. The average Bonchev–Trinajstić information content (AvgIpc) is 3.44. The lowest BCUT2D eigenvalue weighted by Gasteiger charge is -2.20. The Morgan fingerprint density at radius 1 is 0.284 bits per heavy atom. The van der Waals surface area contributed by atoms with Gasteiger partial charge in [-0.25, -0.2) is 0 Å². The molecule has 0 N–H and O–H groups in total. The summed E-state index contributed by atoms with van der Waals surface area (Å²) in [5.74, 6) is 3.34. The lowest BCUT2D eigenvalue weighted by Crippen LogP contribution is -2.03. The van der Waals surface area contributed by atoms with Crippen molar-refractivity contribution in [2.75, 3.05) is 0 Å². The van der Waals surface area contributed by atoms with Crippen LogP contribution in [-0.2, 0) is 0 Å². The summed E-state index contributed by atoms with van der Waals surface area (Å²) in [4.78, 5) is 0. The van der Waals surface area contributed by atoms with E-state index in [1.807, 2.05) is 0 Å². The van der Waals surface area contributed by atoms with Crippen molar-refractivity contribution >= 4 is 69.1 Å². The van der Waals surface area contributed by atoms with Crippen LogP contribution < -0.4 is 0 Å². The van der Waals surface area contributed by atoms with Crippen molar-refractivity contribution in [3.63, 3.8) is 0 Å². The molecule has 0 aromatic heterocycles. The molecule has 0 spiro atoms. The van der Waals surface area contributed by atoms with Gasteiger partial charge in [-0.2, -0.15) is 0 Å². The first kappa shape index (κ1) is 49.7. The zero-order valence-corrected chi connectivity index (χ0v) is 44.9. The number of rotatable bonds is 10. The minimum absolute atomic E-state index is 0.834. The fourth-order valence-electron chi connectivity index (χ4n) is 12.5. The van der Waals surface area contributed by atoms with Crippen LogP contribution in [0.25, 0.3) is 69.1 Å². The van der Waals surface area contributed by atoms with Crippen molar-refractivity contribution in [3.05, 3.63) is 224 Å². The monoisotopic (exact) mass is 967 g/mol. The van der Waals surface area contributed by atoms with Gasteiger partial charge in [-0.1, -0.05) is 220 Å². The highest BCUT2D eigenvalue weighted by atomic mass is 14.2. The number of benzene rings is 7. The molecule has 0 amide bonds. The topological polar surface area (TPSA) is 0 Å². The van der Waals surface area contributed by atoms with Crippen LogP contribution in [0.4, 0.5) is 0 Å². The summed E-state index contributed by atoms with van der Waals surface area (Å²) in [6, 6.07) is 56.0. The Kier molecular flexibility index (Phi) is 15.4. The summed E-state index contributed by atoms with van der Waals surface area (Å²) in [5, 5.41) is 5.07. The fourth-order valence-corrected chi connectivity index (χ4v) is 12.5. The van der Waals surface area contributed by atoms with Gasteiger partial charge < -0.3 is 0 Å². The molecule has 4 saturated carbocycles. The molecule has 7 aromatic rings. The van der Waals surface area contributed by atoms with Gasteiger partial charge in [0.05, 0.1) is 0 Å². The molecule has 0 unspecified atom stereocenters. The molecule has 0 bridgehead atoms. The third-order valence-electron chi connectivity index (χ3n) is 17.6. The molecule has 0 nitrogen and oxygen atoms in total. The molecule has 374 valence electrons. The number of fused-ring (bicyclic) bond motifs is 2. The molecule has 7 aromatic carbocycles.